The van der Waals surface area contributed by atoms with Gasteiger partial charge in [-0.3, -0.25) is 0 Å². The molecule has 0 unspecified atom stereocenters. The maximum Gasteiger partial charge on any atom is 0.0543 e. The van der Waals surface area contributed by atoms with Crippen molar-refractivity contribution >= 4 is 46.4 Å². The Bertz CT molecular complexity index is 103. The lowest BCUT2D eigenvalue weighted by molar-refractivity contribution is 0.333. The number of halogens is 4. The summed E-state index contributed by atoms with van der Waals surface area (Å²) in [7, 11) is 0. The molecule has 0 saturated heterocycles. The fraction of sp³-hybridized carbons (Fsp3) is 1.00. The Morgan fingerprint density at radius 3 is 0.917 bits per heavy atom. The molecular weight excluding hydrogens is 238 g/mol. The summed E-state index contributed by atoms with van der Waals surface area (Å²) in [6, 6.07) is 0. The smallest absolute Gasteiger partial charge is 0.0543 e. The number of alkyl halides is 4. The van der Waals surface area contributed by atoms with Gasteiger partial charge in [0.1, 0.15) is 0 Å². The molecule has 0 aromatic rings. The lowest BCUT2D eigenvalue weighted by atomic mass is 9.82. The topological polar surface area (TPSA) is 0 Å². The largest absolute Gasteiger partial charge is 0.121 e. The first kappa shape index (κ1) is 11.2. The fourth-order valence-corrected chi connectivity index (χ4v) is 3.20. The van der Waals surface area contributed by atoms with Crippen LogP contribution in [-0.2, 0) is 0 Å². The molecule has 72 valence electrons. The molecule has 0 aromatic carbocycles. The number of hydrogen-bond acceptors (Lipinski definition) is 0. The van der Waals surface area contributed by atoms with Crippen LogP contribution in [0.25, 0.3) is 0 Å². The molecule has 0 amide bonds. The summed E-state index contributed by atoms with van der Waals surface area (Å²) >= 11 is 24.4. The molecule has 1 rings (SSSR count). The highest BCUT2D eigenvalue weighted by Crippen LogP contribution is 2.41. The molecule has 0 N–H and O–H groups in total. The van der Waals surface area contributed by atoms with Crippen LogP contribution in [0.5, 0.6) is 0 Å². The van der Waals surface area contributed by atoms with Crippen molar-refractivity contribution in [2.75, 3.05) is 0 Å². The van der Waals surface area contributed by atoms with Gasteiger partial charge in [-0.1, -0.05) is 13.8 Å². The van der Waals surface area contributed by atoms with Crippen LogP contribution in [0.3, 0.4) is 0 Å². The van der Waals surface area contributed by atoms with Crippen molar-refractivity contribution in [2.45, 2.75) is 35.4 Å². The van der Waals surface area contributed by atoms with Gasteiger partial charge in [-0.15, -0.1) is 46.4 Å². The molecule has 0 aliphatic heterocycles. The quantitative estimate of drug-likeness (QED) is 0.575. The van der Waals surface area contributed by atoms with Crippen LogP contribution in [0, 0.1) is 11.8 Å². The highest BCUT2D eigenvalue weighted by Gasteiger charge is 2.44. The van der Waals surface area contributed by atoms with Crippen LogP contribution in [0.1, 0.15) is 13.8 Å². The zero-order valence-electron chi connectivity index (χ0n) is 6.98. The van der Waals surface area contributed by atoms with E-state index in [-0.39, 0.29) is 33.3 Å². The third-order valence-electron chi connectivity index (χ3n) is 2.62. The van der Waals surface area contributed by atoms with Gasteiger partial charge in [0.05, 0.1) is 21.5 Å². The summed E-state index contributed by atoms with van der Waals surface area (Å²) in [6.45, 7) is 3.98. The van der Waals surface area contributed by atoms with Crippen LogP contribution in [0.2, 0.25) is 0 Å². The maximum absolute atomic E-state index is 6.10. The van der Waals surface area contributed by atoms with Gasteiger partial charge in [0.15, 0.2) is 0 Å². The monoisotopic (exact) mass is 248 g/mol. The minimum Gasteiger partial charge on any atom is -0.121 e. The Hall–Kier alpha value is 1.16. The average Bonchev–Trinajstić information content (AvgIpc) is 2.08. The summed E-state index contributed by atoms with van der Waals surface area (Å²) in [5.74, 6) is 0.351. The Morgan fingerprint density at radius 1 is 0.583 bits per heavy atom. The summed E-state index contributed by atoms with van der Waals surface area (Å²) in [4.78, 5) is 0. The lowest BCUT2D eigenvalue weighted by Gasteiger charge is -2.40. The predicted octanol–water partition coefficient (Wildman–Crippen LogP) is 3.70. The molecule has 1 fully saturated rings. The Balaban J connectivity index is 2.76. The minimum atomic E-state index is -0.0702. The van der Waals surface area contributed by atoms with Crippen molar-refractivity contribution in [1.29, 1.82) is 0 Å². The van der Waals surface area contributed by atoms with Crippen LogP contribution < -0.4 is 0 Å². The summed E-state index contributed by atoms with van der Waals surface area (Å²) in [5.41, 5.74) is 0. The lowest BCUT2D eigenvalue weighted by Crippen LogP contribution is -2.47. The van der Waals surface area contributed by atoms with E-state index in [9.17, 15) is 0 Å². The van der Waals surface area contributed by atoms with E-state index in [0.29, 0.717) is 0 Å². The molecule has 4 heteroatoms. The molecule has 4 atom stereocenters. The molecule has 1 aliphatic carbocycles. The van der Waals surface area contributed by atoms with E-state index in [1.165, 1.54) is 0 Å². The van der Waals surface area contributed by atoms with Gasteiger partial charge in [-0.05, 0) is 11.8 Å². The zero-order chi connectivity index (χ0) is 9.46. The summed E-state index contributed by atoms with van der Waals surface area (Å²) in [5, 5.41) is -0.281. The van der Waals surface area contributed by atoms with E-state index in [0.717, 1.165) is 0 Å². The molecule has 0 heterocycles. The SMILES string of the molecule is CC1[C@H](Cl)[C@@H](Cl)C(C)[C@H](Cl)[C@H]1Cl. The average molecular weight is 250 g/mol. The normalized spacial score (nSPS) is 55.5. The Kier molecular flexibility index (Phi) is 3.86. The second-order valence-corrected chi connectivity index (χ2v) is 5.51. The predicted molar refractivity (Wildman–Crippen MR) is 56.9 cm³/mol. The van der Waals surface area contributed by atoms with E-state index in [4.69, 9.17) is 46.4 Å². The molecule has 0 nitrogen and oxygen atoms in total. The Labute approximate surface area is 93.5 Å². The Morgan fingerprint density at radius 2 is 0.750 bits per heavy atom. The highest BCUT2D eigenvalue weighted by atomic mass is 35.5. The van der Waals surface area contributed by atoms with E-state index < -0.39 is 0 Å². The van der Waals surface area contributed by atoms with Gasteiger partial charge < -0.3 is 0 Å². The van der Waals surface area contributed by atoms with Crippen LogP contribution in [0.15, 0.2) is 0 Å². The van der Waals surface area contributed by atoms with Crippen LogP contribution in [-0.4, -0.2) is 21.5 Å². The van der Waals surface area contributed by atoms with Crippen molar-refractivity contribution in [1.82, 2.24) is 0 Å². The zero-order valence-corrected chi connectivity index (χ0v) is 10.00. The molecule has 0 bridgehead atoms. The maximum atomic E-state index is 6.10. The molecule has 1 aliphatic rings. The van der Waals surface area contributed by atoms with E-state index in [1.54, 1.807) is 0 Å². The molecule has 12 heavy (non-hydrogen) atoms. The second-order valence-electron chi connectivity index (χ2n) is 3.50. The number of hydrogen-bond donors (Lipinski definition) is 0. The van der Waals surface area contributed by atoms with E-state index in [2.05, 4.69) is 0 Å². The van der Waals surface area contributed by atoms with Gasteiger partial charge in [-0.25, -0.2) is 0 Å². The first-order valence-corrected chi connectivity index (χ1v) is 5.77. The van der Waals surface area contributed by atoms with Gasteiger partial charge in [0.25, 0.3) is 0 Å². The van der Waals surface area contributed by atoms with Gasteiger partial charge in [0, 0.05) is 0 Å². The molecule has 1 saturated carbocycles. The van der Waals surface area contributed by atoms with Crippen molar-refractivity contribution in [3.63, 3.8) is 0 Å². The standard InChI is InChI=1S/C8H12Cl4/c1-3-5(9)7(11)4(2)8(12)6(3)10/h3-8H,1-2H3/t3?,4?,5-,6-,7-,8-/m0/s1. The van der Waals surface area contributed by atoms with E-state index >= 15 is 0 Å². The first-order valence-electron chi connectivity index (χ1n) is 4.03. The van der Waals surface area contributed by atoms with Crippen molar-refractivity contribution in [3.05, 3.63) is 0 Å². The van der Waals surface area contributed by atoms with Gasteiger partial charge in [0.2, 0.25) is 0 Å². The third-order valence-corrected chi connectivity index (χ3v) is 5.55. The van der Waals surface area contributed by atoms with Crippen molar-refractivity contribution < 1.29 is 0 Å². The second kappa shape index (κ2) is 4.13. The first-order chi connectivity index (χ1) is 5.46. The summed E-state index contributed by atoms with van der Waals surface area (Å²) < 4.78 is 0. The fourth-order valence-electron chi connectivity index (χ4n) is 1.51. The van der Waals surface area contributed by atoms with Crippen LogP contribution in [0.4, 0.5) is 0 Å². The highest BCUT2D eigenvalue weighted by molar-refractivity contribution is 6.35. The third kappa shape index (κ3) is 1.82. The van der Waals surface area contributed by atoms with E-state index in [1.807, 2.05) is 13.8 Å². The minimum absolute atomic E-state index is 0.0702. The van der Waals surface area contributed by atoms with Gasteiger partial charge >= 0.3 is 0 Å². The van der Waals surface area contributed by atoms with Crippen molar-refractivity contribution in [3.8, 4) is 0 Å². The molecule has 0 radical (unpaired) electrons. The van der Waals surface area contributed by atoms with Crippen molar-refractivity contribution in [2.24, 2.45) is 11.8 Å². The summed E-state index contributed by atoms with van der Waals surface area (Å²) in [6.07, 6.45) is 0. The van der Waals surface area contributed by atoms with Gasteiger partial charge in [-0.2, -0.15) is 0 Å². The molecular formula is C8H12Cl4. The molecule has 0 aromatic heterocycles. The number of rotatable bonds is 0. The molecule has 0 spiro atoms. The van der Waals surface area contributed by atoms with Crippen LogP contribution >= 0.6 is 46.4 Å².